The summed E-state index contributed by atoms with van der Waals surface area (Å²) in [5.74, 6) is 0.955. The second-order valence-corrected chi connectivity index (χ2v) is 8.60. The van der Waals surface area contributed by atoms with Gasteiger partial charge in [0.25, 0.3) is 0 Å². The molecule has 2 saturated carbocycles. The van der Waals surface area contributed by atoms with E-state index in [1.807, 2.05) is 6.07 Å². The number of methoxy groups -OCH3 is 1. The summed E-state index contributed by atoms with van der Waals surface area (Å²) in [6.07, 6.45) is 10.8. The van der Waals surface area contributed by atoms with Crippen LogP contribution in [0.5, 0.6) is 0 Å². The third-order valence-electron chi connectivity index (χ3n) is 6.58. The van der Waals surface area contributed by atoms with Gasteiger partial charge in [-0.3, -0.25) is 4.57 Å². The molecule has 31 heavy (non-hydrogen) atoms. The van der Waals surface area contributed by atoms with E-state index in [0.29, 0.717) is 35.8 Å². The molecule has 164 valence electrons. The molecule has 7 nitrogen and oxygen atoms in total. The van der Waals surface area contributed by atoms with Crippen LogP contribution in [0.3, 0.4) is 0 Å². The third kappa shape index (κ3) is 4.21. The molecule has 0 spiro atoms. The summed E-state index contributed by atoms with van der Waals surface area (Å²) in [5.41, 5.74) is 1.94. The van der Waals surface area contributed by atoms with Crippen LogP contribution in [0.2, 0.25) is 0 Å². The lowest BCUT2D eigenvalue weighted by Gasteiger charge is -2.28. The van der Waals surface area contributed by atoms with Crippen molar-refractivity contribution in [2.75, 3.05) is 17.7 Å². The van der Waals surface area contributed by atoms with Crippen LogP contribution in [0, 0.1) is 5.82 Å². The molecule has 2 aromatic heterocycles. The smallest absolute Gasteiger partial charge is 0.224 e. The van der Waals surface area contributed by atoms with Gasteiger partial charge in [-0.25, -0.2) is 14.4 Å². The second-order valence-electron chi connectivity index (χ2n) is 8.60. The monoisotopic (exact) mass is 424 g/mol. The van der Waals surface area contributed by atoms with Crippen molar-refractivity contribution in [2.45, 2.75) is 69.6 Å². The standard InChI is InChI=1S/C23H29FN6O/c1-31-17-12-10-15(11-13-17)26-22-25-14-20-21(29-22)30(16-6-2-3-7-16)23(28-20)27-19-9-5-4-8-18(19)24/h4-5,8-9,14-17H,2-3,6-7,10-13H2,1H3,(H,27,28)(H,25,26,29)/t15-,17-. The van der Waals surface area contributed by atoms with Crippen molar-refractivity contribution in [2.24, 2.45) is 0 Å². The zero-order valence-corrected chi connectivity index (χ0v) is 17.9. The number of benzene rings is 1. The molecule has 0 atom stereocenters. The lowest BCUT2D eigenvalue weighted by molar-refractivity contribution is 0.0681. The molecular formula is C23H29FN6O. The Hall–Kier alpha value is -2.74. The Kier molecular flexibility index (Phi) is 5.72. The molecule has 2 heterocycles. The van der Waals surface area contributed by atoms with Gasteiger partial charge in [-0.2, -0.15) is 4.98 Å². The van der Waals surface area contributed by atoms with E-state index in [0.717, 1.165) is 49.7 Å². The van der Waals surface area contributed by atoms with Crippen molar-refractivity contribution in [1.29, 1.82) is 0 Å². The Morgan fingerprint density at radius 3 is 2.55 bits per heavy atom. The van der Waals surface area contributed by atoms with Crippen LogP contribution in [0.4, 0.5) is 22.0 Å². The molecule has 3 aromatic rings. The van der Waals surface area contributed by atoms with Gasteiger partial charge in [-0.1, -0.05) is 25.0 Å². The number of rotatable bonds is 6. The van der Waals surface area contributed by atoms with Crippen LogP contribution < -0.4 is 10.6 Å². The number of para-hydroxylation sites is 1. The van der Waals surface area contributed by atoms with E-state index in [9.17, 15) is 4.39 Å². The molecule has 0 radical (unpaired) electrons. The maximum atomic E-state index is 14.3. The number of nitrogens with one attached hydrogen (secondary N) is 2. The zero-order chi connectivity index (χ0) is 21.2. The van der Waals surface area contributed by atoms with Crippen molar-refractivity contribution in [1.82, 2.24) is 19.5 Å². The normalized spacial score (nSPS) is 22.1. The largest absolute Gasteiger partial charge is 0.381 e. The molecule has 0 unspecified atom stereocenters. The third-order valence-corrected chi connectivity index (χ3v) is 6.58. The quantitative estimate of drug-likeness (QED) is 0.567. The van der Waals surface area contributed by atoms with E-state index in [1.165, 1.54) is 18.9 Å². The van der Waals surface area contributed by atoms with Gasteiger partial charge in [0.1, 0.15) is 11.3 Å². The first-order chi connectivity index (χ1) is 15.2. The topological polar surface area (TPSA) is 76.9 Å². The second kappa shape index (κ2) is 8.78. The molecule has 2 aliphatic rings. The maximum absolute atomic E-state index is 14.3. The highest BCUT2D eigenvalue weighted by Crippen LogP contribution is 2.36. The molecule has 0 bridgehead atoms. The summed E-state index contributed by atoms with van der Waals surface area (Å²) in [5, 5.41) is 6.70. The number of nitrogens with zero attached hydrogens (tertiary/aromatic N) is 4. The zero-order valence-electron chi connectivity index (χ0n) is 17.9. The van der Waals surface area contributed by atoms with Crippen LogP contribution in [0.25, 0.3) is 11.2 Å². The molecule has 8 heteroatoms. The number of imidazole rings is 1. The van der Waals surface area contributed by atoms with E-state index < -0.39 is 0 Å². The molecule has 2 fully saturated rings. The van der Waals surface area contributed by atoms with Crippen LogP contribution in [0.1, 0.15) is 57.4 Å². The van der Waals surface area contributed by atoms with Crippen LogP contribution >= 0.6 is 0 Å². The van der Waals surface area contributed by atoms with Gasteiger partial charge in [-0.15, -0.1) is 0 Å². The summed E-state index contributed by atoms with van der Waals surface area (Å²) in [7, 11) is 1.78. The Bertz CT molecular complexity index is 1040. The predicted molar refractivity (Wildman–Crippen MR) is 119 cm³/mol. The number of aromatic nitrogens is 4. The van der Waals surface area contributed by atoms with Crippen molar-refractivity contribution < 1.29 is 9.13 Å². The molecule has 1 aromatic carbocycles. The molecule has 0 saturated heterocycles. The number of hydrogen-bond acceptors (Lipinski definition) is 6. The SMILES string of the molecule is CO[C@H]1CC[C@H](Nc2ncc3nc(Nc4ccccc4F)n(C4CCCC4)c3n2)CC1. The van der Waals surface area contributed by atoms with Gasteiger partial charge in [0, 0.05) is 19.2 Å². The lowest BCUT2D eigenvalue weighted by Crippen LogP contribution is -2.29. The van der Waals surface area contributed by atoms with Crippen LogP contribution in [0.15, 0.2) is 30.5 Å². The highest BCUT2D eigenvalue weighted by atomic mass is 19.1. The number of anilines is 3. The Morgan fingerprint density at radius 2 is 1.81 bits per heavy atom. The first-order valence-electron chi connectivity index (χ1n) is 11.3. The van der Waals surface area contributed by atoms with Gasteiger partial charge in [0.2, 0.25) is 11.9 Å². The number of hydrogen-bond donors (Lipinski definition) is 2. The van der Waals surface area contributed by atoms with E-state index in [-0.39, 0.29) is 5.82 Å². The van der Waals surface area contributed by atoms with Crippen molar-refractivity contribution in [3.8, 4) is 0 Å². The highest BCUT2D eigenvalue weighted by molar-refractivity contribution is 5.76. The fourth-order valence-electron chi connectivity index (χ4n) is 4.87. The summed E-state index contributed by atoms with van der Waals surface area (Å²) < 4.78 is 21.9. The molecular weight excluding hydrogens is 395 g/mol. The maximum Gasteiger partial charge on any atom is 0.224 e. The van der Waals surface area contributed by atoms with Gasteiger partial charge >= 0.3 is 0 Å². The highest BCUT2D eigenvalue weighted by Gasteiger charge is 2.26. The van der Waals surface area contributed by atoms with Gasteiger partial charge < -0.3 is 15.4 Å². The van der Waals surface area contributed by atoms with E-state index in [4.69, 9.17) is 14.7 Å². The van der Waals surface area contributed by atoms with Crippen molar-refractivity contribution in [3.05, 3.63) is 36.3 Å². The molecule has 2 aliphatic carbocycles. The average molecular weight is 425 g/mol. The first kappa shape index (κ1) is 20.2. The fourth-order valence-corrected chi connectivity index (χ4v) is 4.87. The van der Waals surface area contributed by atoms with Gasteiger partial charge in [-0.05, 0) is 50.7 Å². The summed E-state index contributed by atoms with van der Waals surface area (Å²) in [6.45, 7) is 0. The number of ether oxygens (including phenoxy) is 1. The summed E-state index contributed by atoms with van der Waals surface area (Å²) in [6, 6.07) is 7.33. The fraction of sp³-hybridized carbons (Fsp3) is 0.522. The Balaban J connectivity index is 1.45. The minimum Gasteiger partial charge on any atom is -0.381 e. The molecule has 0 amide bonds. The lowest BCUT2D eigenvalue weighted by atomic mass is 9.93. The van der Waals surface area contributed by atoms with E-state index in [2.05, 4.69) is 20.2 Å². The van der Waals surface area contributed by atoms with Gasteiger partial charge in [0.15, 0.2) is 5.65 Å². The molecule has 0 aliphatic heterocycles. The van der Waals surface area contributed by atoms with Crippen LogP contribution in [-0.2, 0) is 4.74 Å². The Morgan fingerprint density at radius 1 is 1.03 bits per heavy atom. The molecule has 5 rings (SSSR count). The minimum absolute atomic E-state index is 0.298. The minimum atomic E-state index is -0.298. The van der Waals surface area contributed by atoms with Crippen molar-refractivity contribution >= 4 is 28.7 Å². The Labute approximate surface area is 181 Å². The summed E-state index contributed by atoms with van der Waals surface area (Å²) in [4.78, 5) is 14.1. The average Bonchev–Trinajstić information content (AvgIpc) is 3.43. The van der Waals surface area contributed by atoms with Crippen molar-refractivity contribution in [3.63, 3.8) is 0 Å². The van der Waals surface area contributed by atoms with E-state index >= 15 is 0 Å². The van der Waals surface area contributed by atoms with Crippen LogP contribution in [-0.4, -0.2) is 38.8 Å². The van der Waals surface area contributed by atoms with E-state index in [1.54, 1.807) is 25.4 Å². The molecule has 2 N–H and O–H groups in total. The first-order valence-corrected chi connectivity index (χ1v) is 11.3. The number of halogens is 1. The summed E-state index contributed by atoms with van der Waals surface area (Å²) >= 11 is 0. The number of fused-ring (bicyclic) bond motifs is 1. The van der Waals surface area contributed by atoms with Gasteiger partial charge in [0.05, 0.1) is 18.0 Å². The predicted octanol–water partition coefficient (Wildman–Crippen LogP) is 5.19.